The van der Waals surface area contributed by atoms with Gasteiger partial charge in [0.15, 0.2) is 23.5 Å². The minimum Gasteiger partial charge on any atom is -0.476 e. The Hall–Kier alpha value is -2.84. The van der Waals surface area contributed by atoms with Crippen LogP contribution in [0.4, 0.5) is 5.95 Å². The van der Waals surface area contributed by atoms with Crippen molar-refractivity contribution in [2.24, 2.45) is 0 Å². The molecule has 14 nitrogen and oxygen atoms in total. The highest BCUT2D eigenvalue weighted by molar-refractivity contribution is 7.48. The van der Waals surface area contributed by atoms with E-state index in [0.717, 1.165) is 5.56 Å². The van der Waals surface area contributed by atoms with E-state index in [0.29, 0.717) is 23.6 Å². The molecule has 0 aliphatic carbocycles. The Morgan fingerprint density at radius 1 is 1.31 bits per heavy atom. The number of carbonyl (C=O) groups is 1. The van der Waals surface area contributed by atoms with Gasteiger partial charge in [-0.3, -0.25) is 22.9 Å². The molecule has 2 aromatic heterocycles. The summed E-state index contributed by atoms with van der Waals surface area (Å²) in [4.78, 5) is 25.3. The number of halogens is 1. The topological polar surface area (TPSA) is 168 Å². The van der Waals surface area contributed by atoms with Gasteiger partial charge in [-0.1, -0.05) is 30.7 Å². The molecule has 6 atom stereocenters. The molecule has 0 unspecified atom stereocenters. The number of nitrogens with zero attached hydrogens (tertiary/aromatic N) is 4. The molecule has 42 heavy (non-hydrogen) atoms. The molecule has 4 heterocycles. The summed E-state index contributed by atoms with van der Waals surface area (Å²) in [6, 6.07) is 7.08. The fraction of sp³-hybridized carbons (Fsp3) is 0.538. The van der Waals surface area contributed by atoms with Crippen LogP contribution in [0, 0.1) is 0 Å². The van der Waals surface area contributed by atoms with Crippen LogP contribution in [0.15, 0.2) is 30.6 Å². The number of aromatic nitrogens is 4. The number of nitrogens with two attached hydrogens (primary N) is 1. The molecular weight excluding hydrogens is 593 g/mol. The van der Waals surface area contributed by atoms with Gasteiger partial charge in [-0.2, -0.15) is 9.97 Å². The summed E-state index contributed by atoms with van der Waals surface area (Å²) < 4.78 is 56.1. The van der Waals surface area contributed by atoms with Crippen molar-refractivity contribution >= 4 is 42.5 Å². The van der Waals surface area contributed by atoms with Gasteiger partial charge in [0, 0.05) is 25.0 Å². The van der Waals surface area contributed by atoms with E-state index in [1.54, 1.807) is 43.5 Å². The number of carbonyl (C=O) groups excluding carboxylic acids is 1. The molecule has 16 heteroatoms. The summed E-state index contributed by atoms with van der Waals surface area (Å²) in [6.07, 6.45) is -1.40. The van der Waals surface area contributed by atoms with E-state index < -0.39 is 43.9 Å². The lowest BCUT2D eigenvalue weighted by Gasteiger charge is -2.34. The Balaban J connectivity index is 1.44. The molecule has 0 amide bonds. The van der Waals surface area contributed by atoms with Gasteiger partial charge in [-0.25, -0.2) is 9.55 Å². The average Bonchev–Trinajstić information content (AvgIpc) is 3.50. The number of phosphoric acid groups is 1. The number of hydrogen-bond acceptors (Lipinski definition) is 13. The van der Waals surface area contributed by atoms with Crippen molar-refractivity contribution in [3.63, 3.8) is 0 Å². The lowest BCUT2D eigenvalue weighted by molar-refractivity contribution is -0.167. The first-order chi connectivity index (χ1) is 20.1. The zero-order valence-corrected chi connectivity index (χ0v) is 25.2. The molecule has 0 radical (unpaired) electrons. The third kappa shape index (κ3) is 5.98. The van der Waals surface area contributed by atoms with E-state index in [2.05, 4.69) is 15.0 Å². The Kier molecular flexibility index (Phi) is 9.05. The fourth-order valence-corrected chi connectivity index (χ4v) is 6.60. The maximum absolute atomic E-state index is 13.6. The number of methoxy groups -OCH3 is 1. The molecule has 2 fully saturated rings. The van der Waals surface area contributed by atoms with Crippen molar-refractivity contribution in [1.29, 1.82) is 0 Å². The van der Waals surface area contributed by atoms with Crippen molar-refractivity contribution in [3.8, 4) is 5.88 Å². The standard InChI is InChI=1S/C26H33ClN5O9P/c1-5-19(33)40-21-18(13-38-42(34)37-11-10-17(41-42)15-8-7-9-16(27)12-15)39-24(26(21,3)35-4)32-14-29-22-20(32)23(36-6-2)31-25(28)30-22/h7-9,12,14,17-18,21,24H,5-6,10-11,13H2,1-4H3,(H2,28,30,31)/t17-,18+,21+,24+,26+,42+/m0/s1. The number of benzene rings is 1. The summed E-state index contributed by atoms with van der Waals surface area (Å²) in [5.41, 5.74) is 5.99. The predicted octanol–water partition coefficient (Wildman–Crippen LogP) is 4.39. The molecule has 2 saturated heterocycles. The van der Waals surface area contributed by atoms with Crippen LogP contribution in [0.25, 0.3) is 11.2 Å². The number of fused-ring (bicyclic) bond motifs is 1. The minimum atomic E-state index is -4.04. The van der Waals surface area contributed by atoms with Gasteiger partial charge in [0.25, 0.3) is 0 Å². The quantitative estimate of drug-likeness (QED) is 0.249. The predicted molar refractivity (Wildman–Crippen MR) is 150 cm³/mol. The molecule has 1 aromatic carbocycles. The van der Waals surface area contributed by atoms with E-state index in [-0.39, 0.29) is 37.1 Å². The molecule has 3 aromatic rings. The number of ether oxygens (including phenoxy) is 4. The van der Waals surface area contributed by atoms with E-state index in [9.17, 15) is 9.36 Å². The van der Waals surface area contributed by atoms with Gasteiger partial charge in [-0.15, -0.1) is 0 Å². The number of hydrogen-bond donors (Lipinski definition) is 1. The zero-order chi connectivity index (χ0) is 30.1. The molecule has 0 spiro atoms. The Morgan fingerprint density at radius 2 is 2.12 bits per heavy atom. The summed E-state index contributed by atoms with van der Waals surface area (Å²) in [5, 5.41) is 0.524. The number of rotatable bonds is 10. The first kappa shape index (κ1) is 30.6. The SMILES string of the molecule is CCOc1nc(N)nc2ncn([C@@H]3O[C@H](CO[P@@]4(=O)OCC[C@@H](c5cccc(Cl)c5)O4)[C@@H](OC(=O)CC)[C@@]3(C)OC)c12. The third-order valence-corrected chi connectivity index (χ3v) is 8.85. The maximum Gasteiger partial charge on any atom is 0.475 e. The van der Waals surface area contributed by atoms with Crippen LogP contribution in [-0.2, 0) is 37.1 Å². The lowest BCUT2D eigenvalue weighted by Crippen LogP contribution is -2.48. The molecule has 2 aliphatic heterocycles. The van der Waals surface area contributed by atoms with Crippen molar-refractivity contribution < 1.29 is 41.9 Å². The second kappa shape index (κ2) is 12.4. The van der Waals surface area contributed by atoms with E-state index in [1.165, 1.54) is 13.4 Å². The molecule has 2 N–H and O–H groups in total. The molecule has 2 aliphatic rings. The van der Waals surface area contributed by atoms with Crippen LogP contribution in [0.5, 0.6) is 5.88 Å². The highest BCUT2D eigenvalue weighted by Gasteiger charge is 2.58. The summed E-state index contributed by atoms with van der Waals surface area (Å²) in [5.74, 6) is -0.300. The number of phosphoric ester groups is 1. The van der Waals surface area contributed by atoms with Crippen LogP contribution < -0.4 is 10.5 Å². The summed E-state index contributed by atoms with van der Waals surface area (Å²) >= 11 is 6.13. The fourth-order valence-electron chi connectivity index (χ4n) is 5.01. The monoisotopic (exact) mass is 625 g/mol. The van der Waals surface area contributed by atoms with Gasteiger partial charge in [0.05, 0.1) is 25.9 Å². The Morgan fingerprint density at radius 3 is 2.83 bits per heavy atom. The first-order valence-electron chi connectivity index (χ1n) is 13.5. The van der Waals surface area contributed by atoms with E-state index >= 15 is 0 Å². The first-order valence-corrected chi connectivity index (χ1v) is 15.3. The largest absolute Gasteiger partial charge is 0.476 e. The number of esters is 1. The van der Waals surface area contributed by atoms with Gasteiger partial charge < -0.3 is 24.7 Å². The normalized spacial score (nSPS) is 29.5. The highest BCUT2D eigenvalue weighted by atomic mass is 35.5. The van der Waals surface area contributed by atoms with Gasteiger partial charge in [0.1, 0.15) is 18.0 Å². The van der Waals surface area contributed by atoms with Crippen LogP contribution in [0.1, 0.15) is 51.5 Å². The number of imidazole rings is 1. The third-order valence-electron chi connectivity index (χ3n) is 7.13. The summed E-state index contributed by atoms with van der Waals surface area (Å²) in [6.45, 7) is 5.33. The van der Waals surface area contributed by atoms with Gasteiger partial charge in [0.2, 0.25) is 11.8 Å². The van der Waals surface area contributed by atoms with Crippen LogP contribution >= 0.6 is 19.4 Å². The number of nitrogen functional groups attached to an aromatic ring is 1. The van der Waals surface area contributed by atoms with Crippen molar-refractivity contribution in [2.45, 2.75) is 63.8 Å². The molecule has 0 bridgehead atoms. The second-order valence-electron chi connectivity index (χ2n) is 9.84. The molecular formula is C26H33ClN5O9P. The Bertz CT molecular complexity index is 1490. The molecule has 0 saturated carbocycles. The van der Waals surface area contributed by atoms with Gasteiger partial charge in [-0.05, 0) is 31.5 Å². The molecule has 5 rings (SSSR count). The molecule has 228 valence electrons. The Labute approximate surface area is 247 Å². The number of anilines is 1. The second-order valence-corrected chi connectivity index (χ2v) is 11.9. The maximum atomic E-state index is 13.6. The van der Waals surface area contributed by atoms with E-state index in [1.807, 2.05) is 6.07 Å². The van der Waals surface area contributed by atoms with Crippen LogP contribution in [0.3, 0.4) is 0 Å². The highest BCUT2D eigenvalue weighted by Crippen LogP contribution is 2.58. The summed E-state index contributed by atoms with van der Waals surface area (Å²) in [7, 11) is -2.57. The average molecular weight is 626 g/mol. The van der Waals surface area contributed by atoms with Crippen molar-refractivity contribution in [3.05, 3.63) is 41.2 Å². The van der Waals surface area contributed by atoms with Crippen molar-refractivity contribution in [2.75, 3.05) is 32.7 Å². The lowest BCUT2D eigenvalue weighted by atomic mass is 9.95. The van der Waals surface area contributed by atoms with E-state index in [4.69, 9.17) is 49.9 Å². The minimum absolute atomic E-state index is 0.00709. The zero-order valence-electron chi connectivity index (χ0n) is 23.6. The van der Waals surface area contributed by atoms with Crippen molar-refractivity contribution in [1.82, 2.24) is 19.5 Å². The van der Waals surface area contributed by atoms with Gasteiger partial charge >= 0.3 is 13.8 Å². The van der Waals surface area contributed by atoms with Crippen LogP contribution in [-0.4, -0.2) is 70.2 Å². The smallest absolute Gasteiger partial charge is 0.475 e. The van der Waals surface area contributed by atoms with Crippen LogP contribution in [0.2, 0.25) is 5.02 Å².